The van der Waals surface area contributed by atoms with E-state index in [1.165, 1.54) is 24.2 Å². The first-order chi connectivity index (χ1) is 13.8. The lowest BCUT2D eigenvalue weighted by molar-refractivity contribution is -0.385. The molecule has 0 bridgehead atoms. The number of nitrogens with zero attached hydrogens (tertiary/aromatic N) is 7. The molecule has 3 heterocycles. The van der Waals surface area contributed by atoms with Gasteiger partial charge in [0, 0.05) is 24.0 Å². The Kier molecular flexibility index (Phi) is 5.61. The summed E-state index contributed by atoms with van der Waals surface area (Å²) in [6.45, 7) is 6.92. The normalized spacial score (nSPS) is 12.0. The molecule has 3 aromatic heterocycles. The van der Waals surface area contributed by atoms with Crippen molar-refractivity contribution < 1.29 is 14.5 Å². The summed E-state index contributed by atoms with van der Waals surface area (Å²) in [5.41, 5.74) is 2.31. The predicted octanol–water partition coefficient (Wildman–Crippen LogP) is 1.77. The summed E-state index contributed by atoms with van der Waals surface area (Å²) >= 11 is 0. The summed E-state index contributed by atoms with van der Waals surface area (Å²) in [6, 6.07) is -0.786. The van der Waals surface area contributed by atoms with Gasteiger partial charge in [-0.15, -0.1) is 5.10 Å². The zero-order chi connectivity index (χ0) is 21.1. The Morgan fingerprint density at radius 1 is 1.34 bits per heavy atom. The summed E-state index contributed by atoms with van der Waals surface area (Å²) in [5.74, 6) is -0.537. The van der Waals surface area contributed by atoms with Crippen LogP contribution in [0, 0.1) is 17.0 Å². The molecule has 154 valence electrons. The maximum absolute atomic E-state index is 12.5. The Labute approximate surface area is 166 Å². The molecule has 0 aromatic carbocycles. The number of carbonyl (C=O) groups is 1. The fourth-order valence-electron chi connectivity index (χ4n) is 2.85. The molecular formula is C17H22N8O4. The third-order valence-electron chi connectivity index (χ3n) is 4.58. The van der Waals surface area contributed by atoms with Gasteiger partial charge in [-0.3, -0.25) is 24.3 Å². The minimum absolute atomic E-state index is 0.148. The molecule has 0 fully saturated rings. The van der Waals surface area contributed by atoms with Crippen molar-refractivity contribution in [3.05, 3.63) is 46.2 Å². The molecule has 0 radical (unpaired) electrons. The lowest BCUT2D eigenvalue weighted by Crippen LogP contribution is -2.23. The van der Waals surface area contributed by atoms with Crippen molar-refractivity contribution in [2.75, 3.05) is 12.4 Å². The first kappa shape index (κ1) is 20.0. The highest BCUT2D eigenvalue weighted by Gasteiger charge is 2.25. The second-order valence-electron chi connectivity index (χ2n) is 6.42. The predicted molar refractivity (Wildman–Crippen MR) is 103 cm³/mol. The number of methoxy groups -OCH3 is 1. The first-order valence-electron chi connectivity index (χ1n) is 8.96. The number of rotatable bonds is 8. The maximum atomic E-state index is 12.5. The van der Waals surface area contributed by atoms with Crippen LogP contribution in [0.15, 0.2) is 24.8 Å². The summed E-state index contributed by atoms with van der Waals surface area (Å²) < 4.78 is 9.69. The van der Waals surface area contributed by atoms with Crippen LogP contribution in [-0.4, -0.2) is 47.3 Å². The molecule has 0 saturated heterocycles. The summed E-state index contributed by atoms with van der Waals surface area (Å²) in [7, 11) is 1.28. The van der Waals surface area contributed by atoms with E-state index in [-0.39, 0.29) is 17.5 Å². The average Bonchev–Trinajstić information content (AvgIpc) is 3.40. The van der Waals surface area contributed by atoms with E-state index in [4.69, 9.17) is 4.74 Å². The van der Waals surface area contributed by atoms with Crippen molar-refractivity contribution in [2.45, 2.75) is 39.9 Å². The van der Waals surface area contributed by atoms with Gasteiger partial charge in [-0.2, -0.15) is 10.2 Å². The van der Waals surface area contributed by atoms with Crippen LogP contribution in [0.3, 0.4) is 0 Å². The molecule has 0 aliphatic heterocycles. The van der Waals surface area contributed by atoms with Crippen LogP contribution in [0.1, 0.15) is 31.1 Å². The van der Waals surface area contributed by atoms with Gasteiger partial charge in [0.25, 0.3) is 0 Å². The van der Waals surface area contributed by atoms with Crippen LogP contribution in [0.2, 0.25) is 0 Å². The number of anilines is 1. The van der Waals surface area contributed by atoms with Crippen LogP contribution in [0.5, 0.6) is 5.88 Å². The summed E-state index contributed by atoms with van der Waals surface area (Å²) in [5, 5.41) is 26.3. The molecule has 3 rings (SSSR count). The van der Waals surface area contributed by atoms with Crippen molar-refractivity contribution in [3.63, 3.8) is 0 Å². The minimum atomic E-state index is -0.786. The summed E-state index contributed by atoms with van der Waals surface area (Å²) in [6.07, 6.45) is 6.22. The van der Waals surface area contributed by atoms with E-state index < -0.39 is 11.0 Å². The van der Waals surface area contributed by atoms with Gasteiger partial charge in [0.15, 0.2) is 0 Å². The standard InChI is InChI=1S/C17H22N8O4/c1-5-23-11(2)13(6-19-23)8-22-9-14(7-18-22)20-16(26)12(3)24-10-15(25(27)28)17(21-24)29-4/h6-7,9-10,12H,5,8H2,1-4H3,(H,20,26). The van der Waals surface area contributed by atoms with E-state index >= 15 is 0 Å². The SMILES string of the molecule is CCn1ncc(Cn2cc(NC(=O)C(C)n3cc([N+](=O)[O-])c(OC)n3)cn2)c1C. The van der Waals surface area contributed by atoms with E-state index in [1.807, 2.05) is 18.5 Å². The van der Waals surface area contributed by atoms with Crippen LogP contribution >= 0.6 is 0 Å². The average molecular weight is 402 g/mol. The summed E-state index contributed by atoms with van der Waals surface area (Å²) in [4.78, 5) is 22.9. The quantitative estimate of drug-likeness (QED) is 0.448. The fourth-order valence-corrected chi connectivity index (χ4v) is 2.85. The van der Waals surface area contributed by atoms with E-state index in [9.17, 15) is 14.9 Å². The Morgan fingerprint density at radius 3 is 2.69 bits per heavy atom. The number of aromatic nitrogens is 6. The number of ether oxygens (including phenoxy) is 1. The third-order valence-corrected chi connectivity index (χ3v) is 4.58. The molecule has 1 atom stereocenters. The molecule has 1 amide bonds. The Morgan fingerprint density at radius 2 is 2.10 bits per heavy atom. The molecule has 29 heavy (non-hydrogen) atoms. The van der Waals surface area contributed by atoms with E-state index in [0.29, 0.717) is 12.2 Å². The highest BCUT2D eigenvalue weighted by Crippen LogP contribution is 2.26. The molecule has 0 aliphatic carbocycles. The lowest BCUT2D eigenvalue weighted by Gasteiger charge is -2.10. The zero-order valence-corrected chi connectivity index (χ0v) is 16.6. The highest BCUT2D eigenvalue weighted by molar-refractivity contribution is 5.93. The molecule has 1 unspecified atom stereocenters. The largest absolute Gasteiger partial charge is 0.475 e. The van der Waals surface area contributed by atoms with E-state index in [2.05, 4.69) is 20.6 Å². The van der Waals surface area contributed by atoms with Crippen molar-refractivity contribution in [3.8, 4) is 5.88 Å². The van der Waals surface area contributed by atoms with Gasteiger partial charge in [0.2, 0.25) is 5.91 Å². The van der Waals surface area contributed by atoms with Gasteiger partial charge in [-0.05, 0) is 20.8 Å². The Balaban J connectivity index is 1.68. The molecule has 12 nitrogen and oxygen atoms in total. The van der Waals surface area contributed by atoms with Crippen molar-refractivity contribution in [1.82, 2.24) is 29.3 Å². The number of amides is 1. The molecule has 0 saturated carbocycles. The molecular weight excluding hydrogens is 380 g/mol. The van der Waals surface area contributed by atoms with Crippen LogP contribution in [0.25, 0.3) is 0 Å². The Hall–Kier alpha value is -3.70. The molecule has 1 N–H and O–H groups in total. The van der Waals surface area contributed by atoms with Gasteiger partial charge in [-0.25, -0.2) is 4.68 Å². The number of hydrogen-bond acceptors (Lipinski definition) is 7. The number of hydrogen-bond donors (Lipinski definition) is 1. The molecule has 12 heteroatoms. The minimum Gasteiger partial charge on any atom is -0.475 e. The van der Waals surface area contributed by atoms with Crippen molar-refractivity contribution in [2.24, 2.45) is 0 Å². The third kappa shape index (κ3) is 4.10. The zero-order valence-electron chi connectivity index (χ0n) is 16.6. The van der Waals surface area contributed by atoms with Crippen molar-refractivity contribution in [1.29, 1.82) is 0 Å². The van der Waals surface area contributed by atoms with Crippen LogP contribution < -0.4 is 10.1 Å². The smallest absolute Gasteiger partial charge is 0.350 e. The van der Waals surface area contributed by atoms with E-state index in [1.54, 1.807) is 24.0 Å². The molecule has 0 spiro atoms. The fraction of sp³-hybridized carbons (Fsp3) is 0.412. The van der Waals surface area contributed by atoms with Crippen LogP contribution in [0.4, 0.5) is 11.4 Å². The maximum Gasteiger partial charge on any atom is 0.350 e. The van der Waals surface area contributed by atoms with Gasteiger partial charge in [0.05, 0.1) is 36.7 Å². The highest BCUT2D eigenvalue weighted by atomic mass is 16.6. The van der Waals surface area contributed by atoms with Crippen LogP contribution in [-0.2, 0) is 17.9 Å². The molecule has 0 aliphatic rings. The lowest BCUT2D eigenvalue weighted by atomic mass is 10.2. The second kappa shape index (κ2) is 8.12. The van der Waals surface area contributed by atoms with Gasteiger partial charge in [0.1, 0.15) is 12.2 Å². The number of carbonyl (C=O) groups excluding carboxylic acids is 1. The van der Waals surface area contributed by atoms with Gasteiger partial charge in [-0.1, -0.05) is 0 Å². The van der Waals surface area contributed by atoms with Gasteiger partial charge < -0.3 is 10.1 Å². The first-order valence-corrected chi connectivity index (χ1v) is 8.96. The number of nitrogens with one attached hydrogen (secondary N) is 1. The second-order valence-corrected chi connectivity index (χ2v) is 6.42. The Bertz CT molecular complexity index is 1030. The van der Waals surface area contributed by atoms with Crippen molar-refractivity contribution >= 4 is 17.3 Å². The number of nitro groups is 1. The van der Waals surface area contributed by atoms with E-state index in [0.717, 1.165) is 17.8 Å². The topological polar surface area (TPSA) is 135 Å². The molecule has 3 aromatic rings. The number of aryl methyl sites for hydroxylation is 1. The monoisotopic (exact) mass is 402 g/mol. The van der Waals surface area contributed by atoms with Gasteiger partial charge >= 0.3 is 11.6 Å².